The summed E-state index contributed by atoms with van der Waals surface area (Å²) in [5.74, 6) is 0.372. The highest BCUT2D eigenvalue weighted by Crippen LogP contribution is 2.25. The second-order valence-electron chi connectivity index (χ2n) is 4.30. The number of anilines is 1. The van der Waals surface area contributed by atoms with E-state index in [2.05, 4.69) is 5.32 Å². The minimum Gasteiger partial charge on any atom is -0.490 e. The maximum atomic E-state index is 12.0. The Morgan fingerprint density at radius 1 is 1.39 bits per heavy atom. The van der Waals surface area contributed by atoms with Gasteiger partial charge in [0.25, 0.3) is 5.91 Å². The molecule has 0 aromatic heterocycles. The Morgan fingerprint density at radius 2 is 2.06 bits per heavy atom. The van der Waals surface area contributed by atoms with Crippen LogP contribution in [-0.4, -0.2) is 31.8 Å². The van der Waals surface area contributed by atoms with Crippen molar-refractivity contribution in [3.8, 4) is 5.75 Å². The average molecular weight is 252 g/mol. The number of ether oxygens (including phenoxy) is 2. The van der Waals surface area contributed by atoms with Gasteiger partial charge >= 0.3 is 0 Å². The molecule has 1 amide bonds. The molecule has 5 heteroatoms. The summed E-state index contributed by atoms with van der Waals surface area (Å²) < 4.78 is 10.6. The molecule has 0 radical (unpaired) electrons. The van der Waals surface area contributed by atoms with Crippen molar-refractivity contribution in [2.75, 3.05) is 25.6 Å². The highest BCUT2D eigenvalue weighted by Gasteiger charge is 2.27. The average Bonchev–Trinajstić information content (AvgIpc) is 2.37. The summed E-state index contributed by atoms with van der Waals surface area (Å²) >= 11 is 0. The first kappa shape index (κ1) is 14.5. The van der Waals surface area contributed by atoms with Crippen LogP contribution in [0.5, 0.6) is 5.75 Å². The van der Waals surface area contributed by atoms with E-state index in [1.54, 1.807) is 26.0 Å². The highest BCUT2D eigenvalue weighted by atomic mass is 16.5. The first-order chi connectivity index (χ1) is 8.51. The standard InChI is InChI=1S/C13H20N2O3/c1-13(2,17-3)12(16)15-10-6-4-5-7-11(10)18-9-8-14/h4-7H,8-9,14H2,1-3H3,(H,15,16). The molecule has 3 N–H and O–H groups in total. The lowest BCUT2D eigenvalue weighted by Gasteiger charge is -2.22. The van der Waals surface area contributed by atoms with Crippen LogP contribution < -0.4 is 15.8 Å². The Balaban J connectivity index is 2.81. The van der Waals surface area contributed by atoms with Crippen LogP contribution in [0.1, 0.15) is 13.8 Å². The largest absolute Gasteiger partial charge is 0.490 e. The number of hydrogen-bond donors (Lipinski definition) is 2. The molecule has 0 heterocycles. The lowest BCUT2D eigenvalue weighted by Crippen LogP contribution is -2.38. The van der Waals surface area contributed by atoms with Crippen LogP contribution in [0.2, 0.25) is 0 Å². The normalized spacial score (nSPS) is 11.1. The Hall–Kier alpha value is -1.59. The Bertz CT molecular complexity index is 405. The van der Waals surface area contributed by atoms with Gasteiger partial charge in [0, 0.05) is 13.7 Å². The van der Waals surface area contributed by atoms with E-state index in [1.165, 1.54) is 7.11 Å². The summed E-state index contributed by atoms with van der Waals surface area (Å²) in [6.07, 6.45) is 0. The van der Waals surface area contributed by atoms with Crippen LogP contribution in [0.3, 0.4) is 0 Å². The molecule has 0 aliphatic rings. The van der Waals surface area contributed by atoms with Crippen molar-refractivity contribution >= 4 is 11.6 Å². The molecule has 18 heavy (non-hydrogen) atoms. The zero-order chi connectivity index (χ0) is 13.6. The molecule has 0 atom stereocenters. The van der Waals surface area contributed by atoms with Crippen LogP contribution in [0, 0.1) is 0 Å². The molecule has 0 saturated heterocycles. The molecular formula is C13H20N2O3. The smallest absolute Gasteiger partial charge is 0.256 e. The van der Waals surface area contributed by atoms with Gasteiger partial charge in [0.2, 0.25) is 0 Å². The number of carbonyl (C=O) groups is 1. The molecule has 0 spiro atoms. The number of para-hydroxylation sites is 2. The summed E-state index contributed by atoms with van der Waals surface area (Å²) in [5, 5.41) is 2.78. The van der Waals surface area contributed by atoms with Gasteiger partial charge in [-0.15, -0.1) is 0 Å². The van der Waals surface area contributed by atoms with Crippen molar-refractivity contribution in [1.29, 1.82) is 0 Å². The summed E-state index contributed by atoms with van der Waals surface area (Å²) in [6.45, 7) is 4.23. The third kappa shape index (κ3) is 3.72. The lowest BCUT2D eigenvalue weighted by molar-refractivity contribution is -0.133. The molecule has 1 aromatic rings. The van der Waals surface area contributed by atoms with E-state index in [4.69, 9.17) is 15.2 Å². The number of benzene rings is 1. The van der Waals surface area contributed by atoms with Gasteiger partial charge in [-0.3, -0.25) is 4.79 Å². The number of hydrogen-bond acceptors (Lipinski definition) is 4. The van der Waals surface area contributed by atoms with Gasteiger partial charge in [-0.05, 0) is 26.0 Å². The SMILES string of the molecule is COC(C)(C)C(=O)Nc1ccccc1OCCN. The van der Waals surface area contributed by atoms with Crippen LogP contribution in [0.25, 0.3) is 0 Å². The molecule has 0 fully saturated rings. The number of carbonyl (C=O) groups excluding carboxylic acids is 1. The van der Waals surface area contributed by atoms with Crippen molar-refractivity contribution in [3.63, 3.8) is 0 Å². The van der Waals surface area contributed by atoms with Gasteiger partial charge in [0.05, 0.1) is 5.69 Å². The minimum atomic E-state index is -0.888. The Kier molecular flexibility index (Phi) is 5.12. The van der Waals surface area contributed by atoms with Crippen LogP contribution >= 0.6 is 0 Å². The Labute approximate surface area is 107 Å². The number of amides is 1. The molecule has 1 rings (SSSR count). The maximum absolute atomic E-state index is 12.0. The van der Waals surface area contributed by atoms with E-state index in [9.17, 15) is 4.79 Å². The molecule has 0 aliphatic carbocycles. The monoisotopic (exact) mass is 252 g/mol. The van der Waals surface area contributed by atoms with Crippen molar-refractivity contribution in [2.24, 2.45) is 5.73 Å². The number of nitrogens with one attached hydrogen (secondary N) is 1. The van der Waals surface area contributed by atoms with Crippen molar-refractivity contribution < 1.29 is 14.3 Å². The molecular weight excluding hydrogens is 232 g/mol. The van der Waals surface area contributed by atoms with Crippen LogP contribution in [-0.2, 0) is 9.53 Å². The lowest BCUT2D eigenvalue weighted by atomic mass is 10.1. The van der Waals surface area contributed by atoms with Gasteiger partial charge in [0.1, 0.15) is 18.0 Å². The minimum absolute atomic E-state index is 0.228. The molecule has 0 aliphatic heterocycles. The fourth-order valence-electron chi connectivity index (χ4n) is 1.23. The van der Waals surface area contributed by atoms with Crippen molar-refractivity contribution in [2.45, 2.75) is 19.4 Å². The van der Waals surface area contributed by atoms with Gasteiger partial charge in [-0.25, -0.2) is 0 Å². The van der Waals surface area contributed by atoms with E-state index < -0.39 is 5.60 Å². The Morgan fingerprint density at radius 3 is 2.67 bits per heavy atom. The van der Waals surface area contributed by atoms with Gasteiger partial charge in [0.15, 0.2) is 0 Å². The predicted octanol–water partition coefficient (Wildman–Crippen LogP) is 1.39. The first-order valence-corrected chi connectivity index (χ1v) is 5.79. The molecule has 0 bridgehead atoms. The third-order valence-corrected chi connectivity index (χ3v) is 2.57. The topological polar surface area (TPSA) is 73.6 Å². The first-order valence-electron chi connectivity index (χ1n) is 5.79. The quantitative estimate of drug-likeness (QED) is 0.802. The van der Waals surface area contributed by atoms with Crippen LogP contribution in [0.4, 0.5) is 5.69 Å². The molecule has 100 valence electrons. The van der Waals surface area contributed by atoms with E-state index in [1.807, 2.05) is 12.1 Å². The summed E-state index contributed by atoms with van der Waals surface area (Å²) in [6, 6.07) is 7.22. The van der Waals surface area contributed by atoms with Crippen LogP contribution in [0.15, 0.2) is 24.3 Å². The zero-order valence-electron chi connectivity index (χ0n) is 11.0. The van der Waals surface area contributed by atoms with E-state index in [-0.39, 0.29) is 5.91 Å². The summed E-state index contributed by atoms with van der Waals surface area (Å²) in [5.41, 5.74) is 5.11. The second kappa shape index (κ2) is 6.37. The van der Waals surface area contributed by atoms with Crippen molar-refractivity contribution in [3.05, 3.63) is 24.3 Å². The fraction of sp³-hybridized carbons (Fsp3) is 0.462. The number of rotatable bonds is 6. The van der Waals surface area contributed by atoms with E-state index in [0.717, 1.165) is 0 Å². The number of nitrogens with two attached hydrogens (primary N) is 1. The zero-order valence-corrected chi connectivity index (χ0v) is 11.0. The fourth-order valence-corrected chi connectivity index (χ4v) is 1.23. The second-order valence-corrected chi connectivity index (χ2v) is 4.30. The molecule has 5 nitrogen and oxygen atoms in total. The van der Waals surface area contributed by atoms with Gasteiger partial charge < -0.3 is 20.5 Å². The molecule has 0 unspecified atom stereocenters. The highest BCUT2D eigenvalue weighted by molar-refractivity contribution is 5.97. The van der Waals surface area contributed by atoms with E-state index in [0.29, 0.717) is 24.6 Å². The predicted molar refractivity (Wildman–Crippen MR) is 70.7 cm³/mol. The molecule has 1 aromatic carbocycles. The molecule has 0 saturated carbocycles. The summed E-state index contributed by atoms with van der Waals surface area (Å²) in [4.78, 5) is 12.0. The van der Waals surface area contributed by atoms with Crippen molar-refractivity contribution in [1.82, 2.24) is 0 Å². The third-order valence-electron chi connectivity index (χ3n) is 2.57. The van der Waals surface area contributed by atoms with Gasteiger partial charge in [-0.1, -0.05) is 12.1 Å². The summed E-state index contributed by atoms with van der Waals surface area (Å²) in [7, 11) is 1.50. The number of methoxy groups -OCH3 is 1. The maximum Gasteiger partial charge on any atom is 0.256 e. The van der Waals surface area contributed by atoms with E-state index >= 15 is 0 Å². The van der Waals surface area contributed by atoms with Gasteiger partial charge in [-0.2, -0.15) is 0 Å².